The summed E-state index contributed by atoms with van der Waals surface area (Å²) in [5, 5.41) is 0. The number of alkyl halides is 6. The van der Waals surface area contributed by atoms with E-state index in [2.05, 4.69) is 15.9 Å². The van der Waals surface area contributed by atoms with Crippen LogP contribution in [-0.4, -0.2) is 8.42 Å². The summed E-state index contributed by atoms with van der Waals surface area (Å²) < 4.78 is 129. The zero-order valence-electron chi connectivity index (χ0n) is 12.5. The van der Waals surface area contributed by atoms with Gasteiger partial charge in [-0.1, -0.05) is 0 Å². The van der Waals surface area contributed by atoms with Gasteiger partial charge in [0.25, 0.3) is 10.0 Å². The van der Waals surface area contributed by atoms with Crippen molar-refractivity contribution in [2.75, 3.05) is 4.72 Å². The third kappa shape index (κ3) is 4.89. The molecule has 0 amide bonds. The van der Waals surface area contributed by atoms with E-state index in [0.29, 0.717) is 6.07 Å². The Labute approximate surface area is 155 Å². The molecule has 0 aliphatic carbocycles. The third-order valence-electron chi connectivity index (χ3n) is 3.10. The molecule has 0 saturated carbocycles. The van der Waals surface area contributed by atoms with Crippen LogP contribution in [0.25, 0.3) is 0 Å². The van der Waals surface area contributed by atoms with Crippen molar-refractivity contribution >= 4 is 31.6 Å². The molecule has 148 valence electrons. The molecule has 2 rings (SSSR count). The number of rotatable bonds is 3. The van der Waals surface area contributed by atoms with E-state index in [1.807, 2.05) is 0 Å². The smallest absolute Gasteiger partial charge is 0.280 e. The minimum Gasteiger partial charge on any atom is -0.280 e. The number of hydrogen-bond donors (Lipinski definition) is 1. The highest BCUT2D eigenvalue weighted by Crippen LogP contribution is 2.38. The van der Waals surface area contributed by atoms with Gasteiger partial charge >= 0.3 is 12.4 Å². The van der Waals surface area contributed by atoms with Crippen LogP contribution in [0.5, 0.6) is 0 Å². The molecule has 0 radical (unpaired) electrons. The summed E-state index contributed by atoms with van der Waals surface area (Å²) in [5.74, 6) is -2.68. The minimum absolute atomic E-state index is 0.0971. The van der Waals surface area contributed by atoms with Crippen molar-refractivity contribution in [2.45, 2.75) is 17.2 Å². The first-order chi connectivity index (χ1) is 12.1. The highest BCUT2D eigenvalue weighted by atomic mass is 79.9. The topological polar surface area (TPSA) is 46.2 Å². The lowest BCUT2D eigenvalue weighted by molar-refractivity contribution is -0.143. The highest BCUT2D eigenvalue weighted by molar-refractivity contribution is 9.10. The van der Waals surface area contributed by atoms with Gasteiger partial charge in [0.2, 0.25) is 0 Å². The van der Waals surface area contributed by atoms with E-state index in [1.165, 1.54) is 4.72 Å². The number of nitrogens with one attached hydrogen (secondary N) is 1. The van der Waals surface area contributed by atoms with Gasteiger partial charge in [0, 0.05) is 0 Å². The first-order valence-electron chi connectivity index (χ1n) is 6.58. The lowest BCUT2D eigenvalue weighted by atomic mass is 10.1. The van der Waals surface area contributed by atoms with Crippen molar-refractivity contribution in [3.8, 4) is 0 Å². The Bertz CT molecular complexity index is 954. The molecule has 0 spiro atoms. The fraction of sp³-hybridized carbons (Fsp3) is 0.143. The minimum atomic E-state index is -5.21. The molecule has 27 heavy (non-hydrogen) atoms. The van der Waals surface area contributed by atoms with Crippen LogP contribution in [0.2, 0.25) is 0 Å². The quantitative estimate of drug-likeness (QED) is 0.458. The monoisotopic (exact) mass is 483 g/mol. The van der Waals surface area contributed by atoms with E-state index in [1.54, 1.807) is 0 Å². The molecule has 0 aliphatic rings. The molecule has 1 N–H and O–H groups in total. The normalized spacial score (nSPS) is 12.9. The molecule has 0 bridgehead atoms. The van der Waals surface area contributed by atoms with Crippen molar-refractivity contribution in [1.82, 2.24) is 0 Å². The van der Waals surface area contributed by atoms with Crippen LogP contribution in [0.3, 0.4) is 0 Å². The van der Waals surface area contributed by atoms with Crippen LogP contribution in [0.1, 0.15) is 11.1 Å². The van der Waals surface area contributed by atoms with Crippen LogP contribution in [0, 0.1) is 11.6 Å². The third-order valence-corrected chi connectivity index (χ3v) is 5.11. The molecule has 2 aromatic carbocycles. The van der Waals surface area contributed by atoms with Crippen molar-refractivity contribution in [3.05, 3.63) is 57.6 Å². The second kappa shape index (κ2) is 6.93. The van der Waals surface area contributed by atoms with E-state index < -0.39 is 60.2 Å². The van der Waals surface area contributed by atoms with E-state index >= 15 is 0 Å². The fourth-order valence-electron chi connectivity index (χ4n) is 1.93. The predicted molar refractivity (Wildman–Crippen MR) is 81.3 cm³/mol. The summed E-state index contributed by atoms with van der Waals surface area (Å²) in [6.07, 6.45) is -10.4. The lowest BCUT2D eigenvalue weighted by Crippen LogP contribution is -2.17. The number of hydrogen-bond acceptors (Lipinski definition) is 2. The number of anilines is 1. The first-order valence-corrected chi connectivity index (χ1v) is 8.86. The number of benzene rings is 2. The second-order valence-electron chi connectivity index (χ2n) is 5.10. The van der Waals surface area contributed by atoms with Gasteiger partial charge in [0.1, 0.15) is 16.5 Å². The maximum atomic E-state index is 13.8. The van der Waals surface area contributed by atoms with Crippen molar-refractivity contribution in [3.63, 3.8) is 0 Å². The Hall–Kier alpha value is -1.89. The molecule has 0 atom stereocenters. The standard InChI is InChI=1S/C14H6BrF8NO2S/c15-9-4-11(17)12(5-10(9)16)27(25,26)24-8-2-6(13(18,19)20)1-7(3-8)14(21,22)23/h1-5,24H. The Morgan fingerprint density at radius 1 is 0.778 bits per heavy atom. The predicted octanol–water partition coefficient (Wildman–Crippen LogP) is 5.57. The van der Waals surface area contributed by atoms with Crippen molar-refractivity contribution in [2.24, 2.45) is 0 Å². The van der Waals surface area contributed by atoms with Gasteiger partial charge in [0.15, 0.2) is 0 Å². The first kappa shape index (κ1) is 21.4. The molecule has 3 nitrogen and oxygen atoms in total. The molecule has 0 fully saturated rings. The molecule has 0 aliphatic heterocycles. The Kier molecular flexibility index (Phi) is 5.49. The van der Waals surface area contributed by atoms with Gasteiger partial charge in [0.05, 0.1) is 21.3 Å². The van der Waals surface area contributed by atoms with Crippen molar-refractivity contribution < 1.29 is 43.5 Å². The van der Waals surface area contributed by atoms with Gasteiger partial charge in [-0.3, -0.25) is 4.72 Å². The maximum Gasteiger partial charge on any atom is 0.416 e. The second-order valence-corrected chi connectivity index (χ2v) is 7.60. The maximum absolute atomic E-state index is 13.8. The van der Waals surface area contributed by atoms with Gasteiger partial charge in [-0.05, 0) is 46.3 Å². The van der Waals surface area contributed by atoms with Gasteiger partial charge in [-0.15, -0.1) is 0 Å². The number of halogens is 9. The molecule has 0 unspecified atom stereocenters. The average Bonchev–Trinajstić information content (AvgIpc) is 2.48. The molecule has 0 saturated heterocycles. The van der Waals surface area contributed by atoms with Crippen LogP contribution < -0.4 is 4.72 Å². The summed E-state index contributed by atoms with van der Waals surface area (Å²) >= 11 is 2.60. The van der Waals surface area contributed by atoms with Gasteiger partial charge in [-0.2, -0.15) is 26.3 Å². The Morgan fingerprint density at radius 2 is 1.26 bits per heavy atom. The highest BCUT2D eigenvalue weighted by Gasteiger charge is 2.37. The average molecular weight is 484 g/mol. The molecule has 13 heteroatoms. The van der Waals surface area contributed by atoms with Crippen LogP contribution in [0.4, 0.5) is 40.8 Å². The SMILES string of the molecule is O=S(=O)(Nc1cc(C(F)(F)F)cc(C(F)(F)F)c1)c1cc(F)c(Br)cc1F. The fourth-order valence-corrected chi connectivity index (χ4v) is 3.36. The molecule has 0 aromatic heterocycles. The zero-order valence-corrected chi connectivity index (χ0v) is 14.9. The Balaban J connectivity index is 2.57. The molecular formula is C14H6BrF8NO2S. The van der Waals surface area contributed by atoms with Crippen molar-refractivity contribution in [1.29, 1.82) is 0 Å². The largest absolute Gasteiger partial charge is 0.416 e. The van der Waals surface area contributed by atoms with Gasteiger partial charge < -0.3 is 0 Å². The van der Waals surface area contributed by atoms with E-state index in [0.717, 1.165) is 0 Å². The Morgan fingerprint density at radius 3 is 1.70 bits per heavy atom. The summed E-state index contributed by atoms with van der Waals surface area (Å²) in [6.45, 7) is 0. The van der Waals surface area contributed by atoms with Crippen LogP contribution >= 0.6 is 15.9 Å². The van der Waals surface area contributed by atoms with E-state index in [9.17, 15) is 43.5 Å². The zero-order chi connectivity index (χ0) is 20.8. The molecule has 2 aromatic rings. The summed E-state index contributed by atoms with van der Waals surface area (Å²) in [6, 6.07) is 0.648. The number of sulfonamides is 1. The van der Waals surface area contributed by atoms with Crippen LogP contribution in [0.15, 0.2) is 39.7 Å². The van der Waals surface area contributed by atoms with Gasteiger partial charge in [-0.25, -0.2) is 17.2 Å². The molecular weight excluding hydrogens is 478 g/mol. The van der Waals surface area contributed by atoms with E-state index in [4.69, 9.17) is 0 Å². The lowest BCUT2D eigenvalue weighted by Gasteiger charge is -2.15. The summed E-state index contributed by atoms with van der Waals surface area (Å²) in [5.41, 5.74) is -4.69. The summed E-state index contributed by atoms with van der Waals surface area (Å²) in [4.78, 5) is -1.30. The van der Waals surface area contributed by atoms with E-state index in [-0.39, 0.29) is 24.3 Å². The summed E-state index contributed by atoms with van der Waals surface area (Å²) in [7, 11) is -5.03. The van der Waals surface area contributed by atoms with Crippen LogP contribution in [-0.2, 0) is 22.4 Å². The molecule has 0 heterocycles.